The maximum absolute atomic E-state index is 12.8. The molecule has 0 aliphatic heterocycles. The normalized spacial score (nSPS) is 10.5. The molecule has 1 aromatic carbocycles. The predicted molar refractivity (Wildman–Crippen MR) is 59.6 cm³/mol. The van der Waals surface area contributed by atoms with E-state index >= 15 is 0 Å². The van der Waals surface area contributed by atoms with Crippen molar-refractivity contribution in [3.05, 3.63) is 41.3 Å². The monoisotopic (exact) mass is 235 g/mol. The van der Waals surface area contributed by atoms with Crippen LogP contribution < -0.4 is 5.73 Å². The highest BCUT2D eigenvalue weighted by molar-refractivity contribution is 5.94. The smallest absolute Gasteiger partial charge is 0.341 e. The number of hydrogen-bond acceptors (Lipinski definition) is 3. The third-order valence-electron chi connectivity index (χ3n) is 2.38. The number of aryl methyl sites for hydroxylation is 1. The van der Waals surface area contributed by atoms with Crippen molar-refractivity contribution in [2.75, 3.05) is 5.73 Å². The zero-order chi connectivity index (χ0) is 12.6. The Morgan fingerprint density at radius 2 is 2.00 bits per heavy atom. The third-order valence-corrected chi connectivity index (χ3v) is 2.38. The van der Waals surface area contributed by atoms with Crippen LogP contribution in [0.2, 0.25) is 0 Å². The first-order chi connectivity index (χ1) is 8.00. The van der Waals surface area contributed by atoms with Gasteiger partial charge in [0.1, 0.15) is 17.2 Å². The number of nitrogen functional groups attached to an aromatic ring is 1. The lowest BCUT2D eigenvalue weighted by Crippen LogP contribution is -2.05. The van der Waals surface area contributed by atoms with E-state index in [2.05, 4.69) is 5.10 Å². The summed E-state index contributed by atoms with van der Waals surface area (Å²) in [5, 5.41) is 13.0. The molecule has 6 heteroatoms. The summed E-state index contributed by atoms with van der Waals surface area (Å²) in [6.07, 6.45) is 0. The van der Waals surface area contributed by atoms with E-state index in [0.717, 1.165) is 0 Å². The van der Waals surface area contributed by atoms with E-state index in [-0.39, 0.29) is 17.2 Å². The Morgan fingerprint density at radius 1 is 1.41 bits per heavy atom. The van der Waals surface area contributed by atoms with Gasteiger partial charge in [-0.25, -0.2) is 13.9 Å². The number of carboxylic acid groups (broad SMARTS) is 1. The first-order valence-electron chi connectivity index (χ1n) is 4.85. The molecule has 0 amide bonds. The van der Waals surface area contributed by atoms with Gasteiger partial charge in [0.25, 0.3) is 0 Å². The zero-order valence-corrected chi connectivity index (χ0v) is 9.01. The largest absolute Gasteiger partial charge is 0.477 e. The van der Waals surface area contributed by atoms with Crippen LogP contribution >= 0.6 is 0 Å². The molecule has 0 radical (unpaired) electrons. The number of rotatable bonds is 2. The highest BCUT2D eigenvalue weighted by atomic mass is 19.1. The van der Waals surface area contributed by atoms with Gasteiger partial charge in [-0.05, 0) is 31.2 Å². The Labute approximate surface area is 96.3 Å². The summed E-state index contributed by atoms with van der Waals surface area (Å²) in [5.41, 5.74) is 6.50. The van der Waals surface area contributed by atoms with Crippen LogP contribution in [-0.4, -0.2) is 20.9 Å². The lowest BCUT2D eigenvalue weighted by molar-refractivity contribution is 0.0697. The number of hydrogen-bond donors (Lipinski definition) is 2. The highest BCUT2D eigenvalue weighted by Gasteiger charge is 2.19. The van der Waals surface area contributed by atoms with Crippen LogP contribution in [0, 0.1) is 12.7 Å². The number of benzene rings is 1. The zero-order valence-electron chi connectivity index (χ0n) is 9.01. The van der Waals surface area contributed by atoms with Gasteiger partial charge >= 0.3 is 5.97 Å². The van der Waals surface area contributed by atoms with Crippen molar-refractivity contribution in [1.29, 1.82) is 0 Å². The van der Waals surface area contributed by atoms with Crippen molar-refractivity contribution >= 4 is 11.8 Å². The fourth-order valence-electron chi connectivity index (χ4n) is 1.59. The average molecular weight is 235 g/mol. The molecule has 0 aliphatic carbocycles. The van der Waals surface area contributed by atoms with Gasteiger partial charge in [-0.1, -0.05) is 0 Å². The summed E-state index contributed by atoms with van der Waals surface area (Å²) in [6, 6.07) is 5.46. The Hall–Kier alpha value is -2.37. The molecular formula is C11H10FN3O2. The second-order valence-corrected chi connectivity index (χ2v) is 3.54. The fraction of sp³-hybridized carbons (Fsp3) is 0.0909. The number of carboxylic acids is 1. The molecule has 5 nitrogen and oxygen atoms in total. The molecule has 0 saturated heterocycles. The van der Waals surface area contributed by atoms with E-state index in [1.807, 2.05) is 0 Å². The molecule has 0 fully saturated rings. The topological polar surface area (TPSA) is 81.1 Å². The maximum Gasteiger partial charge on any atom is 0.341 e. The highest BCUT2D eigenvalue weighted by Crippen LogP contribution is 2.20. The van der Waals surface area contributed by atoms with Gasteiger partial charge in [-0.15, -0.1) is 0 Å². The lowest BCUT2D eigenvalue weighted by atomic mass is 10.2. The Balaban J connectivity index is 2.57. The van der Waals surface area contributed by atoms with Crippen molar-refractivity contribution in [3.63, 3.8) is 0 Å². The van der Waals surface area contributed by atoms with Crippen molar-refractivity contribution in [2.45, 2.75) is 6.92 Å². The van der Waals surface area contributed by atoms with Crippen LogP contribution in [0.4, 0.5) is 10.2 Å². The molecule has 3 N–H and O–H groups in total. The third kappa shape index (κ3) is 1.84. The standard InChI is InChI=1S/C11H10FN3O2/c1-6-9(11(16)17)10(13)15(14-6)8-4-2-7(12)3-5-8/h2-5H,13H2,1H3,(H,16,17). The van der Waals surface area contributed by atoms with Crippen LogP contribution in [0.25, 0.3) is 5.69 Å². The first-order valence-corrected chi connectivity index (χ1v) is 4.85. The molecule has 1 aromatic heterocycles. The molecule has 2 rings (SSSR count). The van der Waals surface area contributed by atoms with E-state index in [1.54, 1.807) is 6.92 Å². The summed E-state index contributed by atoms with van der Waals surface area (Å²) in [6.45, 7) is 1.56. The van der Waals surface area contributed by atoms with E-state index < -0.39 is 5.97 Å². The molecule has 0 aliphatic rings. The quantitative estimate of drug-likeness (QED) is 0.828. The molecular weight excluding hydrogens is 225 g/mol. The second-order valence-electron chi connectivity index (χ2n) is 3.54. The molecule has 0 atom stereocenters. The SMILES string of the molecule is Cc1nn(-c2ccc(F)cc2)c(N)c1C(=O)O. The van der Waals surface area contributed by atoms with Gasteiger partial charge in [-0.2, -0.15) is 5.10 Å². The van der Waals surface area contributed by atoms with Gasteiger partial charge in [0, 0.05) is 0 Å². The molecule has 17 heavy (non-hydrogen) atoms. The van der Waals surface area contributed by atoms with Crippen LogP contribution in [0.5, 0.6) is 0 Å². The van der Waals surface area contributed by atoms with E-state index in [4.69, 9.17) is 10.8 Å². The van der Waals surface area contributed by atoms with Crippen molar-refractivity contribution in [3.8, 4) is 5.69 Å². The van der Waals surface area contributed by atoms with Crippen LogP contribution in [-0.2, 0) is 0 Å². The van der Waals surface area contributed by atoms with Crippen LogP contribution in [0.1, 0.15) is 16.1 Å². The predicted octanol–water partition coefficient (Wildman–Crippen LogP) is 1.60. The molecule has 2 aromatic rings. The minimum absolute atomic E-state index is 0.0293. The summed E-state index contributed by atoms with van der Waals surface area (Å²) in [4.78, 5) is 10.9. The van der Waals surface area contributed by atoms with Gasteiger partial charge in [0.15, 0.2) is 0 Å². The van der Waals surface area contributed by atoms with Gasteiger partial charge in [0.2, 0.25) is 0 Å². The number of nitrogens with zero attached hydrogens (tertiary/aromatic N) is 2. The minimum Gasteiger partial charge on any atom is -0.477 e. The van der Waals surface area contributed by atoms with Crippen molar-refractivity contribution < 1.29 is 14.3 Å². The summed E-state index contributed by atoms with van der Waals surface area (Å²) in [7, 11) is 0. The number of carbonyl (C=O) groups is 1. The average Bonchev–Trinajstić information content (AvgIpc) is 2.55. The second kappa shape index (κ2) is 3.89. The number of anilines is 1. The van der Waals surface area contributed by atoms with Gasteiger partial charge < -0.3 is 10.8 Å². The fourth-order valence-corrected chi connectivity index (χ4v) is 1.59. The number of nitrogens with two attached hydrogens (primary N) is 1. The van der Waals surface area contributed by atoms with Gasteiger partial charge in [0.05, 0.1) is 11.4 Å². The molecule has 1 heterocycles. The number of aromatic nitrogens is 2. The minimum atomic E-state index is -1.13. The van der Waals surface area contributed by atoms with Crippen molar-refractivity contribution in [1.82, 2.24) is 9.78 Å². The number of halogens is 1. The first kappa shape index (κ1) is 11.1. The summed E-state index contributed by atoms with van der Waals surface area (Å²) >= 11 is 0. The Morgan fingerprint density at radius 3 is 2.47 bits per heavy atom. The number of aromatic carboxylic acids is 1. The molecule has 0 bridgehead atoms. The Bertz CT molecular complexity index is 575. The Kier molecular flexibility index (Phi) is 2.55. The lowest BCUT2D eigenvalue weighted by Gasteiger charge is -2.03. The van der Waals surface area contributed by atoms with Crippen LogP contribution in [0.15, 0.2) is 24.3 Å². The molecule has 88 valence electrons. The van der Waals surface area contributed by atoms with E-state index in [9.17, 15) is 9.18 Å². The van der Waals surface area contributed by atoms with Gasteiger partial charge in [-0.3, -0.25) is 0 Å². The maximum atomic E-state index is 12.8. The molecule has 0 unspecified atom stereocenters. The van der Waals surface area contributed by atoms with E-state index in [0.29, 0.717) is 11.4 Å². The molecule has 0 saturated carbocycles. The van der Waals surface area contributed by atoms with Crippen molar-refractivity contribution in [2.24, 2.45) is 0 Å². The van der Waals surface area contributed by atoms with Crippen LogP contribution in [0.3, 0.4) is 0 Å². The summed E-state index contributed by atoms with van der Waals surface area (Å²) in [5.74, 6) is -1.48. The van der Waals surface area contributed by atoms with E-state index in [1.165, 1.54) is 28.9 Å². The molecule has 0 spiro atoms. The summed E-state index contributed by atoms with van der Waals surface area (Å²) < 4.78 is 14.0.